The van der Waals surface area contributed by atoms with Gasteiger partial charge in [0.05, 0.1) is 0 Å². The summed E-state index contributed by atoms with van der Waals surface area (Å²) in [5.41, 5.74) is 3.74. The molecular formula is C25H28N3OPS. The van der Waals surface area contributed by atoms with Gasteiger partial charge in [0.1, 0.15) is 0 Å². The Morgan fingerprint density at radius 2 is 2.13 bits per heavy atom. The number of amides is 1. The Balaban J connectivity index is 1.71. The van der Waals surface area contributed by atoms with Crippen LogP contribution >= 0.6 is 21.0 Å². The van der Waals surface area contributed by atoms with E-state index in [0.29, 0.717) is 24.5 Å². The highest BCUT2D eigenvalue weighted by atomic mass is 32.2. The highest BCUT2D eigenvalue weighted by Crippen LogP contribution is 2.62. The van der Waals surface area contributed by atoms with Gasteiger partial charge in [-0.15, -0.1) is 9.24 Å². The summed E-state index contributed by atoms with van der Waals surface area (Å²) in [5.74, 6) is 7.31. The molecule has 1 aromatic carbocycles. The van der Waals surface area contributed by atoms with Crippen LogP contribution in [0.5, 0.6) is 0 Å². The third-order valence-corrected chi connectivity index (χ3v) is 8.43. The second-order valence-electron chi connectivity index (χ2n) is 9.36. The molecule has 2 saturated carbocycles. The molecule has 31 heavy (non-hydrogen) atoms. The summed E-state index contributed by atoms with van der Waals surface area (Å²) >= 11 is 1.53. The molecule has 1 N–H and O–H groups in total. The minimum atomic E-state index is -0.918. The predicted octanol–water partition coefficient (Wildman–Crippen LogP) is 4.73. The first-order chi connectivity index (χ1) is 14.8. The Morgan fingerprint density at radius 1 is 1.35 bits per heavy atom. The molecule has 5 rings (SSSR count). The summed E-state index contributed by atoms with van der Waals surface area (Å²) in [5, 5.41) is 10.4. The number of allylic oxidation sites excluding steroid dienone is 2. The summed E-state index contributed by atoms with van der Waals surface area (Å²) in [6.45, 7) is 2.05. The zero-order chi connectivity index (χ0) is 22.0. The Hall–Kier alpha value is -1.89. The van der Waals surface area contributed by atoms with Gasteiger partial charge in [0, 0.05) is 29.7 Å². The summed E-state index contributed by atoms with van der Waals surface area (Å²) in [4.78, 5) is 20.9. The lowest BCUT2D eigenvalue weighted by molar-refractivity contribution is -0.135. The standard InChI is InChI=1S/C25H28N3OPS/c1-15(30)19-14-24(11-10-21(19)26)13-18-9-8-17(7-6-16-4-5-16)12-20(18)25(24)22(29)28(2)23(27-25)31-3/h8-9,12,16,26H,4-5,10-11,13-14,30H2,1-3H3. The number of carbonyl (C=O) groups is 1. The molecule has 1 aromatic rings. The van der Waals surface area contributed by atoms with Gasteiger partial charge >= 0.3 is 0 Å². The van der Waals surface area contributed by atoms with Gasteiger partial charge in [-0.1, -0.05) is 35.0 Å². The van der Waals surface area contributed by atoms with Crippen LogP contribution in [0, 0.1) is 28.6 Å². The van der Waals surface area contributed by atoms with Crippen LogP contribution in [0.1, 0.15) is 55.7 Å². The Kier molecular flexibility index (Phi) is 4.96. The van der Waals surface area contributed by atoms with E-state index >= 15 is 0 Å². The number of hydrogen-bond acceptors (Lipinski definition) is 4. The van der Waals surface area contributed by atoms with E-state index in [4.69, 9.17) is 10.4 Å². The molecule has 3 atom stereocenters. The van der Waals surface area contributed by atoms with Crippen molar-refractivity contribution in [3.8, 4) is 11.8 Å². The lowest BCUT2D eigenvalue weighted by Gasteiger charge is -2.44. The number of benzene rings is 1. The molecule has 1 amide bonds. The fourth-order valence-electron chi connectivity index (χ4n) is 5.52. The number of nitrogens with one attached hydrogen (secondary N) is 1. The fourth-order valence-corrected chi connectivity index (χ4v) is 6.38. The molecule has 1 aliphatic heterocycles. The average molecular weight is 450 g/mol. The molecule has 6 heteroatoms. The molecule has 2 fully saturated rings. The Morgan fingerprint density at radius 3 is 2.77 bits per heavy atom. The van der Waals surface area contributed by atoms with Crippen molar-refractivity contribution in [1.82, 2.24) is 4.90 Å². The second kappa shape index (κ2) is 7.32. The van der Waals surface area contributed by atoms with Gasteiger partial charge in [0.15, 0.2) is 10.7 Å². The third kappa shape index (κ3) is 3.06. The van der Waals surface area contributed by atoms with Gasteiger partial charge in [-0.05, 0) is 80.5 Å². The van der Waals surface area contributed by atoms with Crippen molar-refractivity contribution in [2.45, 2.75) is 51.0 Å². The second-order valence-corrected chi connectivity index (χ2v) is 11.0. The molecule has 160 valence electrons. The van der Waals surface area contributed by atoms with Crippen LogP contribution in [0.2, 0.25) is 0 Å². The van der Waals surface area contributed by atoms with Gasteiger partial charge in [0.25, 0.3) is 5.91 Å². The number of nitrogens with zero attached hydrogens (tertiary/aromatic N) is 2. The largest absolute Gasteiger partial charge is 0.305 e. The van der Waals surface area contributed by atoms with Gasteiger partial charge < -0.3 is 5.41 Å². The SMILES string of the molecule is CSC1=NC2(C(=O)N1C)c1cc(C#CC3CC3)ccc1CC21CCC(=N)C(=C(C)P)C1. The van der Waals surface area contributed by atoms with E-state index in [9.17, 15) is 4.79 Å². The minimum absolute atomic E-state index is 0.0668. The van der Waals surface area contributed by atoms with E-state index in [0.717, 1.165) is 40.0 Å². The molecule has 1 heterocycles. The Bertz CT molecular complexity index is 1140. The molecule has 0 bridgehead atoms. The van der Waals surface area contributed by atoms with Crippen molar-refractivity contribution in [2.24, 2.45) is 16.3 Å². The minimum Gasteiger partial charge on any atom is -0.305 e. The molecular weight excluding hydrogens is 421 g/mol. The molecule has 2 spiro atoms. The van der Waals surface area contributed by atoms with Crippen LogP contribution in [0.25, 0.3) is 0 Å². The number of hydrogen-bond donors (Lipinski definition) is 1. The first kappa shape index (κ1) is 21.0. The van der Waals surface area contributed by atoms with Crippen LogP contribution in [0.3, 0.4) is 0 Å². The summed E-state index contributed by atoms with van der Waals surface area (Å²) in [7, 11) is 4.62. The van der Waals surface area contributed by atoms with E-state index < -0.39 is 5.54 Å². The maximum Gasteiger partial charge on any atom is 0.261 e. The lowest BCUT2D eigenvalue weighted by Crippen LogP contribution is -2.51. The van der Waals surface area contributed by atoms with E-state index in [-0.39, 0.29) is 11.3 Å². The molecule has 3 aliphatic carbocycles. The molecule has 4 aliphatic rings. The monoisotopic (exact) mass is 449 g/mol. The summed E-state index contributed by atoms with van der Waals surface area (Å²) in [6, 6.07) is 6.40. The number of rotatable bonds is 0. The Labute approximate surface area is 191 Å². The summed E-state index contributed by atoms with van der Waals surface area (Å²) in [6.07, 6.45) is 7.40. The fraction of sp³-hybridized carbons (Fsp3) is 0.480. The molecule has 0 saturated heterocycles. The number of likely N-dealkylation sites (N-methyl/N-ethyl adjacent to an activating group) is 1. The maximum atomic E-state index is 14.0. The van der Waals surface area contributed by atoms with Crippen LogP contribution < -0.4 is 0 Å². The van der Waals surface area contributed by atoms with Crippen molar-refractivity contribution >= 4 is 37.8 Å². The first-order valence-corrected chi connectivity index (χ1v) is 12.7. The van der Waals surface area contributed by atoms with Crippen LogP contribution in [-0.4, -0.2) is 35.0 Å². The molecule has 0 aromatic heterocycles. The normalized spacial score (nSPS) is 31.1. The number of aliphatic imine (C=N–C) groups is 1. The van der Waals surface area contributed by atoms with Crippen molar-refractivity contribution in [3.05, 3.63) is 45.8 Å². The van der Waals surface area contributed by atoms with E-state index in [1.165, 1.54) is 30.2 Å². The van der Waals surface area contributed by atoms with Crippen molar-refractivity contribution in [1.29, 1.82) is 5.41 Å². The van der Waals surface area contributed by atoms with Crippen molar-refractivity contribution in [3.63, 3.8) is 0 Å². The molecule has 3 unspecified atom stereocenters. The van der Waals surface area contributed by atoms with Gasteiger partial charge in [-0.3, -0.25) is 9.69 Å². The van der Waals surface area contributed by atoms with Crippen LogP contribution in [0.4, 0.5) is 0 Å². The number of thioether (sulfide) groups is 1. The van der Waals surface area contributed by atoms with Gasteiger partial charge in [-0.2, -0.15) is 0 Å². The summed E-state index contributed by atoms with van der Waals surface area (Å²) < 4.78 is 0. The average Bonchev–Trinajstić information content (AvgIpc) is 3.50. The lowest BCUT2D eigenvalue weighted by atomic mass is 9.60. The molecule has 0 radical (unpaired) electrons. The zero-order valence-corrected chi connectivity index (χ0v) is 20.3. The number of carbonyl (C=O) groups excluding carboxylic acids is 1. The van der Waals surface area contributed by atoms with Crippen LogP contribution in [0.15, 0.2) is 34.1 Å². The van der Waals surface area contributed by atoms with Crippen LogP contribution in [-0.2, 0) is 16.8 Å². The topological polar surface area (TPSA) is 56.5 Å². The smallest absolute Gasteiger partial charge is 0.261 e. The highest BCUT2D eigenvalue weighted by Gasteiger charge is 2.66. The highest BCUT2D eigenvalue weighted by molar-refractivity contribution is 8.13. The van der Waals surface area contributed by atoms with Crippen molar-refractivity contribution < 1.29 is 4.79 Å². The quantitative estimate of drug-likeness (QED) is 0.460. The molecule has 4 nitrogen and oxygen atoms in total. The number of fused-ring (bicyclic) bond motifs is 3. The number of amidine groups is 1. The van der Waals surface area contributed by atoms with E-state index in [1.54, 1.807) is 4.90 Å². The van der Waals surface area contributed by atoms with Gasteiger partial charge in [0.2, 0.25) is 0 Å². The van der Waals surface area contributed by atoms with Crippen molar-refractivity contribution in [2.75, 3.05) is 13.3 Å². The third-order valence-electron chi connectivity index (χ3n) is 7.35. The van der Waals surface area contributed by atoms with E-state index in [2.05, 4.69) is 39.3 Å². The van der Waals surface area contributed by atoms with Gasteiger partial charge in [-0.25, -0.2) is 4.99 Å². The predicted molar refractivity (Wildman–Crippen MR) is 132 cm³/mol. The maximum absolute atomic E-state index is 14.0. The first-order valence-electron chi connectivity index (χ1n) is 10.9. The van der Waals surface area contributed by atoms with E-state index in [1.807, 2.05) is 20.2 Å². The zero-order valence-electron chi connectivity index (χ0n) is 18.3.